The number of nitrogens with one attached hydrogen (secondary N) is 1. The summed E-state index contributed by atoms with van der Waals surface area (Å²) in [6.07, 6.45) is 3.97. The molecule has 1 aliphatic heterocycles. The summed E-state index contributed by atoms with van der Waals surface area (Å²) in [7, 11) is 0. The Morgan fingerprint density at radius 1 is 1.38 bits per heavy atom. The minimum Gasteiger partial charge on any atom is -0.367 e. The maximum atomic E-state index is 3.62. The SMILES string of the molecule is CC(CNC1CC1)N1CCc2ccccc21. The van der Waals surface area contributed by atoms with Crippen LogP contribution in [0.3, 0.4) is 0 Å². The third-order valence-corrected chi connectivity index (χ3v) is 3.73. The van der Waals surface area contributed by atoms with Crippen LogP contribution in [-0.4, -0.2) is 25.2 Å². The Balaban J connectivity index is 1.66. The molecule has 2 nitrogen and oxygen atoms in total. The van der Waals surface area contributed by atoms with Crippen LogP contribution in [0.15, 0.2) is 24.3 Å². The van der Waals surface area contributed by atoms with E-state index in [0.29, 0.717) is 6.04 Å². The molecular weight excluding hydrogens is 196 g/mol. The van der Waals surface area contributed by atoms with Crippen molar-refractivity contribution in [3.8, 4) is 0 Å². The number of nitrogens with zero attached hydrogens (tertiary/aromatic N) is 1. The molecule has 0 aromatic heterocycles. The third kappa shape index (κ3) is 1.94. The molecule has 1 aromatic carbocycles. The summed E-state index contributed by atoms with van der Waals surface area (Å²) >= 11 is 0. The fourth-order valence-corrected chi connectivity index (χ4v) is 2.56. The molecule has 0 radical (unpaired) electrons. The Kier molecular flexibility index (Phi) is 2.60. The molecule has 1 aliphatic carbocycles. The van der Waals surface area contributed by atoms with Crippen LogP contribution in [0.25, 0.3) is 0 Å². The molecule has 3 rings (SSSR count). The van der Waals surface area contributed by atoms with Gasteiger partial charge >= 0.3 is 0 Å². The van der Waals surface area contributed by atoms with Crippen LogP contribution in [0.2, 0.25) is 0 Å². The van der Waals surface area contributed by atoms with Gasteiger partial charge in [-0.05, 0) is 37.8 Å². The molecule has 0 spiro atoms. The molecule has 1 heterocycles. The van der Waals surface area contributed by atoms with E-state index in [2.05, 4.69) is 41.4 Å². The maximum absolute atomic E-state index is 3.62. The van der Waals surface area contributed by atoms with Crippen molar-refractivity contribution in [3.05, 3.63) is 29.8 Å². The van der Waals surface area contributed by atoms with Crippen LogP contribution >= 0.6 is 0 Å². The van der Waals surface area contributed by atoms with Gasteiger partial charge in [-0.2, -0.15) is 0 Å². The molecule has 16 heavy (non-hydrogen) atoms. The lowest BCUT2D eigenvalue weighted by atomic mass is 10.2. The molecule has 0 bridgehead atoms. The van der Waals surface area contributed by atoms with E-state index in [0.717, 1.165) is 12.6 Å². The first-order valence-corrected chi connectivity index (χ1v) is 6.42. The molecular formula is C14H20N2. The fourth-order valence-electron chi connectivity index (χ4n) is 2.56. The Morgan fingerprint density at radius 2 is 2.19 bits per heavy atom. The van der Waals surface area contributed by atoms with Crippen molar-refractivity contribution < 1.29 is 0 Å². The van der Waals surface area contributed by atoms with E-state index in [1.165, 1.54) is 37.1 Å². The van der Waals surface area contributed by atoms with Crippen LogP contribution in [0.5, 0.6) is 0 Å². The molecule has 1 unspecified atom stereocenters. The van der Waals surface area contributed by atoms with Crippen molar-refractivity contribution in [2.45, 2.75) is 38.3 Å². The van der Waals surface area contributed by atoms with E-state index in [4.69, 9.17) is 0 Å². The molecule has 0 amide bonds. The summed E-state index contributed by atoms with van der Waals surface area (Å²) in [4.78, 5) is 2.55. The predicted octanol–water partition coefficient (Wildman–Crippen LogP) is 2.19. The van der Waals surface area contributed by atoms with Gasteiger partial charge in [0.05, 0.1) is 0 Å². The van der Waals surface area contributed by atoms with Crippen molar-refractivity contribution >= 4 is 5.69 Å². The van der Waals surface area contributed by atoms with Gasteiger partial charge < -0.3 is 10.2 Å². The molecule has 1 saturated carbocycles. The molecule has 1 atom stereocenters. The van der Waals surface area contributed by atoms with Crippen molar-refractivity contribution in [1.82, 2.24) is 5.32 Å². The number of hydrogen-bond acceptors (Lipinski definition) is 2. The normalized spacial score (nSPS) is 20.9. The van der Waals surface area contributed by atoms with Gasteiger partial charge in [-0.3, -0.25) is 0 Å². The lowest BCUT2D eigenvalue weighted by molar-refractivity contribution is 0.569. The second-order valence-electron chi connectivity index (χ2n) is 5.10. The monoisotopic (exact) mass is 216 g/mol. The maximum Gasteiger partial charge on any atom is 0.0402 e. The molecule has 2 aliphatic rings. The second-order valence-corrected chi connectivity index (χ2v) is 5.10. The summed E-state index contributed by atoms with van der Waals surface area (Å²) in [6, 6.07) is 10.3. The highest BCUT2D eigenvalue weighted by atomic mass is 15.2. The predicted molar refractivity (Wildman–Crippen MR) is 68.0 cm³/mol. The van der Waals surface area contributed by atoms with Gasteiger partial charge in [0.1, 0.15) is 0 Å². The highest BCUT2D eigenvalue weighted by molar-refractivity contribution is 5.58. The highest BCUT2D eigenvalue weighted by Crippen LogP contribution is 2.29. The van der Waals surface area contributed by atoms with E-state index in [1.54, 1.807) is 0 Å². The number of anilines is 1. The van der Waals surface area contributed by atoms with Gasteiger partial charge in [-0.1, -0.05) is 18.2 Å². The van der Waals surface area contributed by atoms with Crippen LogP contribution in [-0.2, 0) is 6.42 Å². The van der Waals surface area contributed by atoms with Gasteiger partial charge in [0, 0.05) is 30.9 Å². The molecule has 1 N–H and O–H groups in total. The first-order chi connectivity index (χ1) is 7.84. The van der Waals surface area contributed by atoms with Crippen LogP contribution in [0.1, 0.15) is 25.3 Å². The van der Waals surface area contributed by atoms with Crippen LogP contribution < -0.4 is 10.2 Å². The van der Waals surface area contributed by atoms with E-state index < -0.39 is 0 Å². The smallest absolute Gasteiger partial charge is 0.0402 e. The third-order valence-electron chi connectivity index (χ3n) is 3.73. The number of fused-ring (bicyclic) bond motifs is 1. The first kappa shape index (κ1) is 10.2. The summed E-state index contributed by atoms with van der Waals surface area (Å²) in [6.45, 7) is 4.64. The summed E-state index contributed by atoms with van der Waals surface area (Å²) < 4.78 is 0. The van der Waals surface area contributed by atoms with Crippen molar-refractivity contribution in [1.29, 1.82) is 0 Å². The van der Waals surface area contributed by atoms with Crippen molar-refractivity contribution in [2.24, 2.45) is 0 Å². The second kappa shape index (κ2) is 4.10. The van der Waals surface area contributed by atoms with Gasteiger partial charge in [-0.15, -0.1) is 0 Å². The summed E-state index contributed by atoms with van der Waals surface area (Å²) in [5.41, 5.74) is 2.97. The largest absolute Gasteiger partial charge is 0.367 e. The summed E-state index contributed by atoms with van der Waals surface area (Å²) in [5.74, 6) is 0. The Hall–Kier alpha value is -1.02. The number of para-hydroxylation sites is 1. The molecule has 0 saturated heterocycles. The van der Waals surface area contributed by atoms with Gasteiger partial charge in [0.15, 0.2) is 0 Å². The van der Waals surface area contributed by atoms with Crippen LogP contribution in [0.4, 0.5) is 5.69 Å². The minimum atomic E-state index is 0.615. The molecule has 1 fully saturated rings. The summed E-state index contributed by atoms with van der Waals surface area (Å²) in [5, 5.41) is 3.62. The van der Waals surface area contributed by atoms with E-state index in [9.17, 15) is 0 Å². The van der Waals surface area contributed by atoms with E-state index in [-0.39, 0.29) is 0 Å². The zero-order chi connectivity index (χ0) is 11.0. The fraction of sp³-hybridized carbons (Fsp3) is 0.571. The van der Waals surface area contributed by atoms with Crippen molar-refractivity contribution in [2.75, 3.05) is 18.0 Å². The minimum absolute atomic E-state index is 0.615. The number of benzene rings is 1. The standard InChI is InChI=1S/C14H20N2/c1-11(10-15-13-6-7-13)16-9-8-12-4-2-3-5-14(12)16/h2-5,11,13,15H,6-10H2,1H3. The Bertz CT molecular complexity index is 371. The Labute approximate surface area is 97.6 Å². The topological polar surface area (TPSA) is 15.3 Å². The van der Waals surface area contributed by atoms with Crippen LogP contribution in [0, 0.1) is 0 Å². The lowest BCUT2D eigenvalue weighted by Gasteiger charge is -2.27. The molecule has 86 valence electrons. The van der Waals surface area contributed by atoms with E-state index in [1.807, 2.05) is 0 Å². The number of hydrogen-bond donors (Lipinski definition) is 1. The quantitative estimate of drug-likeness (QED) is 0.830. The van der Waals surface area contributed by atoms with Gasteiger partial charge in [0.25, 0.3) is 0 Å². The van der Waals surface area contributed by atoms with Gasteiger partial charge in [-0.25, -0.2) is 0 Å². The number of rotatable bonds is 4. The average molecular weight is 216 g/mol. The average Bonchev–Trinajstić information content (AvgIpc) is 3.04. The Morgan fingerprint density at radius 3 is 3.00 bits per heavy atom. The van der Waals surface area contributed by atoms with Gasteiger partial charge in [0.2, 0.25) is 0 Å². The van der Waals surface area contributed by atoms with Crippen molar-refractivity contribution in [3.63, 3.8) is 0 Å². The zero-order valence-corrected chi connectivity index (χ0v) is 9.95. The molecule has 1 aromatic rings. The lowest BCUT2D eigenvalue weighted by Crippen LogP contribution is -2.40. The van der Waals surface area contributed by atoms with E-state index >= 15 is 0 Å². The highest BCUT2D eigenvalue weighted by Gasteiger charge is 2.25. The first-order valence-electron chi connectivity index (χ1n) is 6.42. The molecule has 2 heteroatoms. The zero-order valence-electron chi connectivity index (χ0n) is 9.95.